The van der Waals surface area contributed by atoms with Crippen LogP contribution in [-0.2, 0) is 0 Å². The van der Waals surface area contributed by atoms with Gasteiger partial charge in [0.2, 0.25) is 0 Å². The van der Waals surface area contributed by atoms with E-state index in [-0.39, 0.29) is 5.54 Å². The number of hydrogen-bond donors (Lipinski definition) is 0. The Bertz CT molecular complexity index is 221. The third kappa shape index (κ3) is 3.23. The van der Waals surface area contributed by atoms with Crippen molar-refractivity contribution in [2.45, 2.75) is 45.6 Å². The predicted molar refractivity (Wildman–Crippen MR) is 66.9 cm³/mol. The summed E-state index contributed by atoms with van der Waals surface area (Å²) in [5.74, 6) is 0. The highest BCUT2D eigenvalue weighted by molar-refractivity contribution is 5.04. The Kier molecular flexibility index (Phi) is 4.21. The zero-order chi connectivity index (χ0) is 11.5. The van der Waals surface area contributed by atoms with Crippen LogP contribution in [0.1, 0.15) is 40.0 Å². The number of likely N-dealkylation sites (N-methyl/N-ethyl adjacent to an activating group) is 1. The van der Waals surface area contributed by atoms with E-state index >= 15 is 0 Å². The lowest BCUT2D eigenvalue weighted by Gasteiger charge is -2.48. The topological polar surface area (TPSA) is 6.48 Å². The second-order valence-electron chi connectivity index (χ2n) is 5.37. The van der Waals surface area contributed by atoms with Gasteiger partial charge in [-0.25, -0.2) is 0 Å². The summed E-state index contributed by atoms with van der Waals surface area (Å²) >= 11 is 0. The van der Waals surface area contributed by atoms with Crippen molar-refractivity contribution in [2.75, 3.05) is 26.7 Å². The van der Waals surface area contributed by atoms with Crippen molar-refractivity contribution in [3.05, 3.63) is 12.3 Å². The monoisotopic (exact) mass is 210 g/mol. The molecule has 1 aliphatic rings. The summed E-state index contributed by atoms with van der Waals surface area (Å²) < 4.78 is 0. The molecule has 0 radical (unpaired) electrons. The zero-order valence-corrected chi connectivity index (χ0v) is 10.8. The van der Waals surface area contributed by atoms with E-state index < -0.39 is 0 Å². The highest BCUT2D eigenvalue weighted by atomic mass is 15.3. The molecule has 0 amide bonds. The molecular weight excluding hydrogens is 184 g/mol. The van der Waals surface area contributed by atoms with Crippen LogP contribution in [0.3, 0.4) is 0 Å². The third-order valence-electron chi connectivity index (χ3n) is 3.29. The van der Waals surface area contributed by atoms with Crippen molar-refractivity contribution < 1.29 is 0 Å². The Hall–Kier alpha value is -0.500. The van der Waals surface area contributed by atoms with Crippen LogP contribution in [0.15, 0.2) is 12.3 Å². The smallest absolute Gasteiger partial charge is 0.0470 e. The number of nitrogens with zero attached hydrogens (tertiary/aromatic N) is 2. The number of allylic oxidation sites excluding steroid dienone is 1. The van der Waals surface area contributed by atoms with Crippen LogP contribution >= 0.6 is 0 Å². The van der Waals surface area contributed by atoms with Crippen LogP contribution in [-0.4, -0.2) is 42.0 Å². The summed E-state index contributed by atoms with van der Waals surface area (Å²) in [5.41, 5.74) is 1.58. The summed E-state index contributed by atoms with van der Waals surface area (Å²) in [6, 6.07) is 0. The summed E-state index contributed by atoms with van der Waals surface area (Å²) in [7, 11) is 2.20. The molecule has 1 fully saturated rings. The maximum Gasteiger partial charge on any atom is 0.0470 e. The predicted octanol–water partition coefficient (Wildman–Crippen LogP) is 2.72. The van der Waals surface area contributed by atoms with Gasteiger partial charge < -0.3 is 9.80 Å². The molecule has 0 aromatic heterocycles. The van der Waals surface area contributed by atoms with Crippen LogP contribution in [0.4, 0.5) is 0 Å². The van der Waals surface area contributed by atoms with Gasteiger partial charge in [-0.3, -0.25) is 0 Å². The molecule has 1 heterocycles. The Morgan fingerprint density at radius 3 is 2.53 bits per heavy atom. The fourth-order valence-electron chi connectivity index (χ4n) is 2.50. The van der Waals surface area contributed by atoms with E-state index in [2.05, 4.69) is 44.2 Å². The number of unbranched alkanes of at least 4 members (excludes halogenated alkanes) is 1. The second kappa shape index (κ2) is 5.02. The van der Waals surface area contributed by atoms with E-state index in [1.807, 2.05) is 0 Å². The molecule has 0 saturated carbocycles. The van der Waals surface area contributed by atoms with E-state index in [1.165, 1.54) is 18.5 Å². The fourth-order valence-corrected chi connectivity index (χ4v) is 2.50. The van der Waals surface area contributed by atoms with Crippen molar-refractivity contribution in [3.63, 3.8) is 0 Å². The first-order valence-electron chi connectivity index (χ1n) is 6.11. The number of rotatable bonds is 4. The second-order valence-corrected chi connectivity index (χ2v) is 5.37. The van der Waals surface area contributed by atoms with Crippen molar-refractivity contribution in [1.29, 1.82) is 0 Å². The van der Waals surface area contributed by atoms with Crippen molar-refractivity contribution >= 4 is 0 Å². The van der Waals surface area contributed by atoms with Gasteiger partial charge in [0.1, 0.15) is 0 Å². The molecular formula is C13H26N2. The molecule has 1 rings (SSSR count). The summed E-state index contributed by atoms with van der Waals surface area (Å²) in [5, 5.41) is 0. The normalized spacial score (nSPS) is 21.7. The zero-order valence-electron chi connectivity index (χ0n) is 10.8. The number of piperazine rings is 1. The molecule has 1 aliphatic heterocycles. The largest absolute Gasteiger partial charge is 0.368 e. The Balaban J connectivity index is 2.56. The minimum atomic E-state index is 0.248. The molecule has 0 aromatic rings. The van der Waals surface area contributed by atoms with Crippen molar-refractivity contribution in [3.8, 4) is 0 Å². The summed E-state index contributed by atoms with van der Waals surface area (Å²) in [6.07, 6.45) is 3.68. The van der Waals surface area contributed by atoms with E-state index in [0.29, 0.717) is 0 Å². The molecule has 0 spiro atoms. The van der Waals surface area contributed by atoms with Crippen LogP contribution in [0.5, 0.6) is 0 Å². The number of hydrogen-bond acceptors (Lipinski definition) is 2. The van der Waals surface area contributed by atoms with Gasteiger partial charge in [-0.1, -0.05) is 19.9 Å². The van der Waals surface area contributed by atoms with Crippen LogP contribution in [0, 0.1) is 0 Å². The molecule has 0 atom stereocenters. The quantitative estimate of drug-likeness (QED) is 0.704. The maximum absolute atomic E-state index is 4.24. The summed E-state index contributed by atoms with van der Waals surface area (Å²) in [4.78, 5) is 4.91. The Morgan fingerprint density at radius 2 is 2.00 bits per heavy atom. The molecule has 2 nitrogen and oxygen atoms in total. The minimum absolute atomic E-state index is 0.248. The first-order chi connectivity index (χ1) is 6.97. The van der Waals surface area contributed by atoms with Crippen molar-refractivity contribution in [1.82, 2.24) is 9.80 Å². The first kappa shape index (κ1) is 12.6. The molecule has 1 saturated heterocycles. The van der Waals surface area contributed by atoms with Crippen LogP contribution < -0.4 is 0 Å². The van der Waals surface area contributed by atoms with Gasteiger partial charge >= 0.3 is 0 Å². The van der Waals surface area contributed by atoms with E-state index in [1.54, 1.807) is 0 Å². The molecule has 0 aromatic carbocycles. The highest BCUT2D eigenvalue weighted by Gasteiger charge is 2.32. The minimum Gasteiger partial charge on any atom is -0.368 e. The van der Waals surface area contributed by atoms with Gasteiger partial charge in [0.05, 0.1) is 0 Å². The lowest BCUT2D eigenvalue weighted by Crippen LogP contribution is -2.57. The van der Waals surface area contributed by atoms with Gasteiger partial charge in [-0.2, -0.15) is 0 Å². The van der Waals surface area contributed by atoms with Gasteiger partial charge in [0, 0.05) is 30.9 Å². The highest BCUT2D eigenvalue weighted by Crippen LogP contribution is 2.26. The van der Waals surface area contributed by atoms with E-state index in [9.17, 15) is 0 Å². The van der Waals surface area contributed by atoms with Crippen LogP contribution in [0.25, 0.3) is 0 Å². The van der Waals surface area contributed by atoms with E-state index in [0.717, 1.165) is 26.1 Å². The molecule has 0 N–H and O–H groups in total. The Morgan fingerprint density at radius 1 is 1.33 bits per heavy atom. The fraction of sp³-hybridized carbons (Fsp3) is 0.846. The molecule has 0 unspecified atom stereocenters. The molecule has 0 bridgehead atoms. The first-order valence-corrected chi connectivity index (χ1v) is 6.11. The molecule has 15 heavy (non-hydrogen) atoms. The lowest BCUT2D eigenvalue weighted by atomic mass is 9.97. The van der Waals surface area contributed by atoms with Crippen molar-refractivity contribution in [2.24, 2.45) is 0 Å². The third-order valence-corrected chi connectivity index (χ3v) is 3.29. The maximum atomic E-state index is 4.24. The standard InChI is InChI=1S/C13H26N2/c1-6-7-8-12(2)15-10-9-14(5)11-13(15,3)4/h2,6-11H2,1,3-5H3. The molecule has 88 valence electrons. The molecule has 2 heteroatoms. The Labute approximate surface area is 94.9 Å². The van der Waals surface area contributed by atoms with E-state index in [4.69, 9.17) is 0 Å². The molecule has 0 aliphatic carbocycles. The summed E-state index contributed by atoms with van der Waals surface area (Å²) in [6.45, 7) is 14.6. The lowest BCUT2D eigenvalue weighted by molar-refractivity contribution is 0.0577. The SMILES string of the molecule is C=C(CCCC)N1CCN(C)CC1(C)C. The van der Waals surface area contributed by atoms with Gasteiger partial charge in [-0.15, -0.1) is 0 Å². The average molecular weight is 210 g/mol. The van der Waals surface area contributed by atoms with Gasteiger partial charge in [-0.05, 0) is 33.7 Å². The van der Waals surface area contributed by atoms with Gasteiger partial charge in [0.25, 0.3) is 0 Å². The average Bonchev–Trinajstić information content (AvgIpc) is 2.12. The van der Waals surface area contributed by atoms with Crippen LogP contribution in [0.2, 0.25) is 0 Å². The van der Waals surface area contributed by atoms with Gasteiger partial charge in [0.15, 0.2) is 0 Å².